The Morgan fingerprint density at radius 1 is 1.11 bits per heavy atom. The maximum absolute atomic E-state index is 12.4. The van der Waals surface area contributed by atoms with Gasteiger partial charge in [-0.2, -0.15) is 0 Å². The number of aryl methyl sites for hydroxylation is 2. The van der Waals surface area contributed by atoms with Gasteiger partial charge in [0.1, 0.15) is 11.6 Å². The maximum atomic E-state index is 12.4. The fourth-order valence-corrected chi connectivity index (χ4v) is 3.53. The number of rotatable bonds is 5. The first-order valence-corrected chi connectivity index (χ1v) is 9.73. The van der Waals surface area contributed by atoms with Gasteiger partial charge in [0, 0.05) is 32.4 Å². The van der Waals surface area contributed by atoms with E-state index in [2.05, 4.69) is 23.7 Å². The second-order valence-electron chi connectivity index (χ2n) is 6.67. The summed E-state index contributed by atoms with van der Waals surface area (Å²) in [5.74, 6) is 1.62. The van der Waals surface area contributed by atoms with Crippen molar-refractivity contribution in [1.29, 1.82) is 0 Å². The highest BCUT2D eigenvalue weighted by Gasteiger charge is 2.23. The lowest BCUT2D eigenvalue weighted by Gasteiger charge is -2.35. The number of ether oxygens (including phenoxy) is 1. The number of nitrogens with zero attached hydrogens (tertiary/aromatic N) is 3. The molecule has 0 atom stereocenters. The molecular formula is C20H23Cl2N3O2. The predicted molar refractivity (Wildman–Crippen MR) is 109 cm³/mol. The molecule has 27 heavy (non-hydrogen) atoms. The van der Waals surface area contributed by atoms with Gasteiger partial charge in [-0.25, -0.2) is 4.98 Å². The molecule has 1 fully saturated rings. The average molecular weight is 408 g/mol. The molecule has 0 spiro atoms. The number of aromatic nitrogens is 1. The molecule has 144 valence electrons. The highest BCUT2D eigenvalue weighted by Crippen LogP contribution is 2.26. The van der Waals surface area contributed by atoms with Gasteiger partial charge in [-0.1, -0.05) is 29.3 Å². The van der Waals surface area contributed by atoms with E-state index in [4.69, 9.17) is 27.9 Å². The number of carbonyl (C=O) groups is 1. The van der Waals surface area contributed by atoms with E-state index in [1.54, 1.807) is 12.3 Å². The van der Waals surface area contributed by atoms with Crippen molar-refractivity contribution in [1.82, 2.24) is 9.88 Å². The number of piperazine rings is 1. The van der Waals surface area contributed by atoms with Crippen LogP contribution in [0.5, 0.6) is 5.75 Å². The molecule has 1 aromatic carbocycles. The van der Waals surface area contributed by atoms with Crippen molar-refractivity contribution in [2.45, 2.75) is 20.3 Å². The molecule has 0 radical (unpaired) electrons. The van der Waals surface area contributed by atoms with Gasteiger partial charge in [-0.15, -0.1) is 0 Å². The van der Waals surface area contributed by atoms with Crippen molar-refractivity contribution in [3.05, 3.63) is 51.6 Å². The number of hydrogen-bond acceptors (Lipinski definition) is 4. The highest BCUT2D eigenvalue weighted by atomic mass is 35.5. The highest BCUT2D eigenvalue weighted by molar-refractivity contribution is 6.36. The van der Waals surface area contributed by atoms with E-state index in [-0.39, 0.29) is 5.91 Å². The van der Waals surface area contributed by atoms with Gasteiger partial charge >= 0.3 is 0 Å². The van der Waals surface area contributed by atoms with E-state index < -0.39 is 0 Å². The van der Waals surface area contributed by atoms with Gasteiger partial charge in [0.05, 0.1) is 23.1 Å². The van der Waals surface area contributed by atoms with Gasteiger partial charge in [-0.05, 0) is 43.2 Å². The molecule has 2 aromatic rings. The number of carbonyl (C=O) groups excluding carboxylic acids is 1. The van der Waals surface area contributed by atoms with Crippen LogP contribution >= 0.6 is 23.2 Å². The van der Waals surface area contributed by atoms with Crippen LogP contribution in [0.3, 0.4) is 0 Å². The number of hydrogen-bond donors (Lipinski definition) is 0. The lowest BCUT2D eigenvalue weighted by atomic mass is 10.1. The third-order valence-electron chi connectivity index (χ3n) is 4.78. The molecular weight excluding hydrogens is 385 g/mol. The van der Waals surface area contributed by atoms with E-state index in [1.165, 1.54) is 11.1 Å². The number of benzene rings is 1. The topological polar surface area (TPSA) is 45.7 Å². The van der Waals surface area contributed by atoms with E-state index in [0.29, 0.717) is 55.1 Å². The smallest absolute Gasteiger partial charge is 0.226 e. The summed E-state index contributed by atoms with van der Waals surface area (Å²) in [6.07, 6.45) is 1.96. The normalized spacial score (nSPS) is 14.4. The van der Waals surface area contributed by atoms with E-state index in [9.17, 15) is 4.79 Å². The Bertz CT molecular complexity index is 821. The fraction of sp³-hybridized carbons (Fsp3) is 0.400. The quantitative estimate of drug-likeness (QED) is 0.747. The minimum absolute atomic E-state index is 0.105. The molecule has 3 rings (SSSR count). The molecule has 0 N–H and O–H groups in total. The second-order valence-corrected chi connectivity index (χ2v) is 7.51. The summed E-state index contributed by atoms with van der Waals surface area (Å²) < 4.78 is 5.72. The first kappa shape index (κ1) is 19.8. The standard InChI is InChI=1S/C20H23Cl2N3O2/c1-14-3-4-17(11-15(14)2)27-10-5-19(26)24-6-8-25(9-7-24)20-18(22)12-16(21)13-23-20/h3-4,11-13H,5-10H2,1-2H3. The fourth-order valence-electron chi connectivity index (χ4n) is 3.03. The van der Waals surface area contributed by atoms with Crippen molar-refractivity contribution < 1.29 is 9.53 Å². The molecule has 1 aromatic heterocycles. The Morgan fingerprint density at radius 2 is 1.85 bits per heavy atom. The molecule has 0 bridgehead atoms. The predicted octanol–water partition coefficient (Wildman–Crippen LogP) is 4.12. The van der Waals surface area contributed by atoms with Gasteiger partial charge in [0.2, 0.25) is 5.91 Å². The number of anilines is 1. The number of pyridine rings is 1. The summed E-state index contributed by atoms with van der Waals surface area (Å²) in [4.78, 5) is 20.7. The third kappa shape index (κ3) is 5.05. The Balaban J connectivity index is 1.46. The summed E-state index contributed by atoms with van der Waals surface area (Å²) in [5, 5.41) is 1.05. The molecule has 0 aliphatic carbocycles. The molecule has 1 saturated heterocycles. The van der Waals surface area contributed by atoms with Crippen LogP contribution in [0, 0.1) is 13.8 Å². The zero-order chi connectivity index (χ0) is 19.4. The minimum Gasteiger partial charge on any atom is -0.493 e. The molecule has 1 amide bonds. The molecule has 0 saturated carbocycles. The Labute approximate surface area is 169 Å². The van der Waals surface area contributed by atoms with E-state index in [1.807, 2.05) is 23.1 Å². The molecule has 1 aliphatic heterocycles. The zero-order valence-electron chi connectivity index (χ0n) is 15.5. The Kier molecular flexibility index (Phi) is 6.45. The zero-order valence-corrected chi connectivity index (χ0v) is 17.1. The van der Waals surface area contributed by atoms with Crippen LogP contribution in [0.25, 0.3) is 0 Å². The van der Waals surface area contributed by atoms with Gasteiger partial charge in [-0.3, -0.25) is 4.79 Å². The largest absolute Gasteiger partial charge is 0.493 e. The number of halogens is 2. The molecule has 0 unspecified atom stereocenters. The maximum Gasteiger partial charge on any atom is 0.226 e. The van der Waals surface area contributed by atoms with Crippen molar-refractivity contribution in [3.8, 4) is 5.75 Å². The second kappa shape index (κ2) is 8.81. The van der Waals surface area contributed by atoms with Crippen LogP contribution in [0.2, 0.25) is 10.0 Å². The third-order valence-corrected chi connectivity index (χ3v) is 5.27. The minimum atomic E-state index is 0.105. The monoisotopic (exact) mass is 407 g/mol. The lowest BCUT2D eigenvalue weighted by Crippen LogP contribution is -2.49. The first-order chi connectivity index (χ1) is 12.9. The molecule has 2 heterocycles. The van der Waals surface area contributed by atoms with Crippen LogP contribution in [-0.2, 0) is 4.79 Å². The van der Waals surface area contributed by atoms with Crippen LogP contribution in [0.4, 0.5) is 5.82 Å². The molecule has 5 nitrogen and oxygen atoms in total. The van der Waals surface area contributed by atoms with Gasteiger partial charge in [0.25, 0.3) is 0 Å². The molecule has 1 aliphatic rings. The Hall–Kier alpha value is -1.98. The van der Waals surface area contributed by atoms with Crippen LogP contribution < -0.4 is 9.64 Å². The average Bonchev–Trinajstić information content (AvgIpc) is 2.65. The summed E-state index contributed by atoms with van der Waals surface area (Å²) in [7, 11) is 0. The van der Waals surface area contributed by atoms with E-state index in [0.717, 1.165) is 5.75 Å². The van der Waals surface area contributed by atoms with Gasteiger partial charge in [0.15, 0.2) is 0 Å². The molecule has 7 heteroatoms. The summed E-state index contributed by atoms with van der Waals surface area (Å²) >= 11 is 12.1. The summed E-state index contributed by atoms with van der Waals surface area (Å²) in [6.45, 7) is 7.16. The van der Waals surface area contributed by atoms with Crippen LogP contribution in [0.1, 0.15) is 17.5 Å². The Morgan fingerprint density at radius 3 is 2.52 bits per heavy atom. The van der Waals surface area contributed by atoms with E-state index >= 15 is 0 Å². The van der Waals surface area contributed by atoms with Crippen LogP contribution in [0.15, 0.2) is 30.5 Å². The first-order valence-electron chi connectivity index (χ1n) is 8.98. The van der Waals surface area contributed by atoms with Gasteiger partial charge < -0.3 is 14.5 Å². The van der Waals surface area contributed by atoms with Crippen molar-refractivity contribution in [3.63, 3.8) is 0 Å². The summed E-state index contributed by atoms with van der Waals surface area (Å²) in [6, 6.07) is 7.66. The number of amides is 1. The SMILES string of the molecule is Cc1ccc(OCCC(=O)N2CCN(c3ncc(Cl)cc3Cl)CC2)cc1C. The van der Waals surface area contributed by atoms with Crippen LogP contribution in [-0.4, -0.2) is 48.6 Å². The lowest BCUT2D eigenvalue weighted by molar-refractivity contribution is -0.132. The van der Waals surface area contributed by atoms with Crippen molar-refractivity contribution >= 4 is 34.9 Å². The van der Waals surface area contributed by atoms with Crippen molar-refractivity contribution in [2.24, 2.45) is 0 Å². The summed E-state index contributed by atoms with van der Waals surface area (Å²) in [5.41, 5.74) is 2.41. The van der Waals surface area contributed by atoms with Crippen molar-refractivity contribution in [2.75, 3.05) is 37.7 Å².